The van der Waals surface area contributed by atoms with Gasteiger partial charge >= 0.3 is 0 Å². The maximum atomic E-state index is 12.3. The van der Waals surface area contributed by atoms with Crippen molar-refractivity contribution in [3.05, 3.63) is 35.9 Å². The van der Waals surface area contributed by atoms with Gasteiger partial charge in [-0.25, -0.2) is 0 Å². The predicted molar refractivity (Wildman–Crippen MR) is 96.3 cm³/mol. The van der Waals surface area contributed by atoms with Crippen LogP contribution < -0.4 is 4.74 Å². The Morgan fingerprint density at radius 1 is 1.16 bits per heavy atom. The minimum Gasteiger partial charge on any atom is -0.491 e. The van der Waals surface area contributed by atoms with E-state index in [2.05, 4.69) is 0 Å². The Morgan fingerprint density at radius 3 is 2.48 bits per heavy atom. The Kier molecular flexibility index (Phi) is 7.01. The van der Waals surface area contributed by atoms with E-state index in [9.17, 15) is 9.59 Å². The molecule has 2 rings (SSSR count). The Bertz CT molecular complexity index is 620. The first-order valence-corrected chi connectivity index (χ1v) is 8.50. The third kappa shape index (κ3) is 5.90. The fraction of sp³-hybridized carbons (Fsp3) is 0.474. The summed E-state index contributed by atoms with van der Waals surface area (Å²) in [6.45, 7) is 6.19. The van der Waals surface area contributed by atoms with Crippen molar-refractivity contribution in [3.8, 4) is 5.75 Å². The maximum absolute atomic E-state index is 12.3. The molecule has 0 saturated carbocycles. The van der Waals surface area contributed by atoms with Crippen LogP contribution in [0.15, 0.2) is 30.3 Å². The lowest BCUT2D eigenvalue weighted by Crippen LogP contribution is -2.51. The van der Waals surface area contributed by atoms with Gasteiger partial charge in [0.05, 0.1) is 6.10 Å². The maximum Gasteiger partial charge on any atom is 0.248 e. The van der Waals surface area contributed by atoms with Crippen molar-refractivity contribution in [3.63, 3.8) is 0 Å². The number of methoxy groups -OCH3 is 1. The first kappa shape index (κ1) is 19.0. The minimum absolute atomic E-state index is 0.0351. The van der Waals surface area contributed by atoms with E-state index in [1.807, 2.05) is 38.1 Å². The van der Waals surface area contributed by atoms with Gasteiger partial charge in [-0.3, -0.25) is 9.59 Å². The number of hydrogen-bond acceptors (Lipinski definition) is 4. The second-order valence-electron chi connectivity index (χ2n) is 6.21. The molecular formula is C19H26N2O4. The van der Waals surface area contributed by atoms with Crippen LogP contribution >= 0.6 is 0 Å². The molecule has 1 saturated heterocycles. The molecular weight excluding hydrogens is 320 g/mol. The number of amides is 2. The van der Waals surface area contributed by atoms with Crippen molar-refractivity contribution in [1.29, 1.82) is 0 Å². The molecule has 25 heavy (non-hydrogen) atoms. The molecule has 6 heteroatoms. The Hall–Kier alpha value is -2.34. The highest BCUT2D eigenvalue weighted by Gasteiger charge is 2.22. The predicted octanol–water partition coefficient (Wildman–Crippen LogP) is 1.80. The largest absolute Gasteiger partial charge is 0.491 e. The van der Waals surface area contributed by atoms with Gasteiger partial charge in [0.15, 0.2) is 0 Å². The molecule has 1 aliphatic rings. The minimum atomic E-state index is -0.0472. The molecule has 0 N–H and O–H groups in total. The van der Waals surface area contributed by atoms with Crippen LogP contribution in [-0.4, -0.2) is 67.6 Å². The number of benzene rings is 1. The van der Waals surface area contributed by atoms with Gasteiger partial charge in [-0.15, -0.1) is 0 Å². The molecule has 0 atom stereocenters. The third-order valence-electron chi connectivity index (χ3n) is 3.86. The van der Waals surface area contributed by atoms with Gasteiger partial charge in [0.1, 0.15) is 12.4 Å². The van der Waals surface area contributed by atoms with Crippen LogP contribution in [0.4, 0.5) is 0 Å². The van der Waals surface area contributed by atoms with E-state index in [1.165, 1.54) is 7.11 Å². The van der Waals surface area contributed by atoms with Gasteiger partial charge in [-0.05, 0) is 37.6 Å². The van der Waals surface area contributed by atoms with Crippen LogP contribution in [0.5, 0.6) is 5.75 Å². The average Bonchev–Trinajstić information content (AvgIpc) is 2.60. The second-order valence-corrected chi connectivity index (χ2v) is 6.21. The number of rotatable bonds is 6. The second kappa shape index (κ2) is 9.22. The van der Waals surface area contributed by atoms with E-state index in [1.54, 1.807) is 22.0 Å². The lowest BCUT2D eigenvalue weighted by Gasteiger charge is -2.34. The van der Waals surface area contributed by atoms with E-state index >= 15 is 0 Å². The molecule has 0 bridgehead atoms. The van der Waals surface area contributed by atoms with Gasteiger partial charge < -0.3 is 19.3 Å². The molecule has 0 unspecified atom stereocenters. The monoisotopic (exact) mass is 346 g/mol. The topological polar surface area (TPSA) is 59.1 Å². The molecule has 1 aromatic carbocycles. The van der Waals surface area contributed by atoms with Crippen molar-refractivity contribution < 1.29 is 19.1 Å². The first-order chi connectivity index (χ1) is 12.0. The van der Waals surface area contributed by atoms with Gasteiger partial charge in [0.25, 0.3) is 0 Å². The Balaban J connectivity index is 1.88. The summed E-state index contributed by atoms with van der Waals surface area (Å²) in [6.07, 6.45) is 3.47. The standard InChI is InChI=1S/C19H26N2O4/c1-15(2)25-17-6-4-5-16(13-17)7-8-18(22)20-9-11-21(12-10-20)19(23)14-24-3/h4-8,13,15H,9-12,14H2,1-3H3/b8-7+. The molecule has 1 aliphatic heterocycles. The SMILES string of the molecule is COCC(=O)N1CCN(C(=O)/C=C/c2cccc(OC(C)C)c2)CC1. The summed E-state index contributed by atoms with van der Waals surface area (Å²) in [5.41, 5.74) is 0.917. The molecule has 136 valence electrons. The van der Waals surface area contributed by atoms with Gasteiger partial charge in [-0.1, -0.05) is 12.1 Å². The summed E-state index contributed by atoms with van der Waals surface area (Å²) >= 11 is 0. The van der Waals surface area contributed by atoms with Crippen LogP contribution in [0.3, 0.4) is 0 Å². The summed E-state index contributed by atoms with van der Waals surface area (Å²) in [6, 6.07) is 7.64. The van der Waals surface area contributed by atoms with Gasteiger partial charge in [0.2, 0.25) is 11.8 Å². The molecule has 0 aliphatic carbocycles. The zero-order chi connectivity index (χ0) is 18.2. The molecule has 1 aromatic rings. The quantitative estimate of drug-likeness (QED) is 0.737. The van der Waals surface area contributed by atoms with Crippen molar-refractivity contribution in [2.75, 3.05) is 39.9 Å². The Morgan fingerprint density at radius 2 is 1.84 bits per heavy atom. The molecule has 6 nitrogen and oxygen atoms in total. The van der Waals surface area contributed by atoms with Crippen molar-refractivity contribution in [1.82, 2.24) is 9.80 Å². The number of nitrogens with zero attached hydrogens (tertiary/aromatic N) is 2. The lowest BCUT2D eigenvalue weighted by atomic mass is 10.2. The molecule has 0 radical (unpaired) electrons. The average molecular weight is 346 g/mol. The zero-order valence-electron chi connectivity index (χ0n) is 15.1. The van der Waals surface area contributed by atoms with Crippen molar-refractivity contribution in [2.24, 2.45) is 0 Å². The van der Waals surface area contributed by atoms with E-state index < -0.39 is 0 Å². The fourth-order valence-electron chi connectivity index (χ4n) is 2.63. The molecule has 0 aromatic heterocycles. The van der Waals surface area contributed by atoms with Crippen LogP contribution in [0.25, 0.3) is 6.08 Å². The summed E-state index contributed by atoms with van der Waals surface area (Å²) in [7, 11) is 1.50. The number of carbonyl (C=O) groups is 2. The van der Waals surface area contributed by atoms with Crippen LogP contribution in [-0.2, 0) is 14.3 Å². The fourth-order valence-corrected chi connectivity index (χ4v) is 2.63. The highest BCUT2D eigenvalue weighted by Crippen LogP contribution is 2.16. The number of piperazine rings is 1. The summed E-state index contributed by atoms with van der Waals surface area (Å²) < 4.78 is 10.5. The zero-order valence-corrected chi connectivity index (χ0v) is 15.1. The molecule has 1 heterocycles. The first-order valence-electron chi connectivity index (χ1n) is 8.50. The summed E-state index contributed by atoms with van der Waals surface area (Å²) in [5, 5.41) is 0. The molecule has 0 spiro atoms. The highest BCUT2D eigenvalue weighted by molar-refractivity contribution is 5.92. The van der Waals surface area contributed by atoms with E-state index in [0.29, 0.717) is 26.2 Å². The highest BCUT2D eigenvalue weighted by atomic mass is 16.5. The molecule has 1 fully saturated rings. The molecule has 2 amide bonds. The van der Waals surface area contributed by atoms with Crippen LogP contribution in [0.2, 0.25) is 0 Å². The Labute approximate surface area is 149 Å². The summed E-state index contributed by atoms with van der Waals surface area (Å²) in [4.78, 5) is 27.6. The normalized spacial score (nSPS) is 15.0. The van der Waals surface area contributed by atoms with E-state index in [4.69, 9.17) is 9.47 Å². The van der Waals surface area contributed by atoms with Crippen LogP contribution in [0, 0.1) is 0 Å². The number of ether oxygens (including phenoxy) is 2. The van der Waals surface area contributed by atoms with E-state index in [-0.39, 0.29) is 24.5 Å². The van der Waals surface area contributed by atoms with E-state index in [0.717, 1.165) is 11.3 Å². The van der Waals surface area contributed by atoms with Crippen molar-refractivity contribution in [2.45, 2.75) is 20.0 Å². The number of hydrogen-bond donors (Lipinski definition) is 0. The number of carbonyl (C=O) groups excluding carboxylic acids is 2. The van der Waals surface area contributed by atoms with Gasteiger partial charge in [0, 0.05) is 39.4 Å². The van der Waals surface area contributed by atoms with Crippen molar-refractivity contribution >= 4 is 17.9 Å². The summed E-state index contributed by atoms with van der Waals surface area (Å²) in [5.74, 6) is 0.705. The third-order valence-corrected chi connectivity index (χ3v) is 3.86. The van der Waals surface area contributed by atoms with Crippen LogP contribution in [0.1, 0.15) is 19.4 Å². The van der Waals surface area contributed by atoms with Gasteiger partial charge in [-0.2, -0.15) is 0 Å². The lowest BCUT2D eigenvalue weighted by molar-refractivity contribution is -0.140. The smallest absolute Gasteiger partial charge is 0.248 e.